The summed E-state index contributed by atoms with van der Waals surface area (Å²) in [5.74, 6) is 0. The number of rotatable bonds is 3. The predicted octanol–water partition coefficient (Wildman–Crippen LogP) is 3.06. The highest BCUT2D eigenvalue weighted by atomic mass is 79.9. The van der Waals surface area contributed by atoms with Gasteiger partial charge >= 0.3 is 0 Å². The lowest BCUT2D eigenvalue weighted by molar-refractivity contribution is 0.181. The van der Waals surface area contributed by atoms with Crippen molar-refractivity contribution in [2.45, 2.75) is 12.5 Å². The van der Waals surface area contributed by atoms with Crippen molar-refractivity contribution in [3.63, 3.8) is 0 Å². The highest BCUT2D eigenvalue weighted by Gasteiger charge is 2.03. The Morgan fingerprint density at radius 1 is 1.42 bits per heavy atom. The smallest absolute Gasteiger partial charge is 0.0824 e. The molecule has 0 aliphatic rings. The highest BCUT2D eigenvalue weighted by Crippen LogP contribution is 2.19. The minimum Gasteiger partial charge on any atom is -0.388 e. The molecular formula is C10H11BrO. The van der Waals surface area contributed by atoms with E-state index in [4.69, 9.17) is 0 Å². The van der Waals surface area contributed by atoms with E-state index in [1.807, 2.05) is 24.3 Å². The van der Waals surface area contributed by atoms with Crippen molar-refractivity contribution < 1.29 is 5.11 Å². The van der Waals surface area contributed by atoms with Crippen molar-refractivity contribution in [2.24, 2.45) is 0 Å². The summed E-state index contributed by atoms with van der Waals surface area (Å²) in [6.45, 7) is 3.57. The maximum atomic E-state index is 9.52. The molecule has 0 unspecified atom stereocenters. The quantitative estimate of drug-likeness (QED) is 0.786. The molecule has 1 aromatic rings. The summed E-state index contributed by atoms with van der Waals surface area (Å²) >= 11 is 3.33. The topological polar surface area (TPSA) is 20.2 Å². The second-order valence-corrected chi connectivity index (χ2v) is 3.51. The second-order valence-electron chi connectivity index (χ2n) is 2.59. The van der Waals surface area contributed by atoms with Crippen molar-refractivity contribution in [2.75, 3.05) is 0 Å². The first-order valence-electron chi connectivity index (χ1n) is 3.78. The molecule has 0 bridgehead atoms. The van der Waals surface area contributed by atoms with Crippen LogP contribution in [0.25, 0.3) is 0 Å². The molecule has 12 heavy (non-hydrogen) atoms. The van der Waals surface area contributed by atoms with Gasteiger partial charge in [0.15, 0.2) is 0 Å². The van der Waals surface area contributed by atoms with E-state index in [1.54, 1.807) is 6.08 Å². The largest absolute Gasteiger partial charge is 0.388 e. The molecule has 0 saturated carbocycles. The Kier molecular flexibility index (Phi) is 3.50. The lowest BCUT2D eigenvalue weighted by atomic mass is 10.1. The van der Waals surface area contributed by atoms with Crippen LogP contribution in [-0.4, -0.2) is 5.11 Å². The third-order valence-electron chi connectivity index (χ3n) is 1.64. The van der Waals surface area contributed by atoms with E-state index in [9.17, 15) is 5.11 Å². The molecule has 1 atom stereocenters. The minimum atomic E-state index is -0.421. The van der Waals surface area contributed by atoms with Gasteiger partial charge < -0.3 is 5.11 Å². The molecule has 1 N–H and O–H groups in total. The third kappa shape index (κ3) is 2.47. The molecular weight excluding hydrogens is 216 g/mol. The van der Waals surface area contributed by atoms with Gasteiger partial charge in [-0.25, -0.2) is 0 Å². The number of halogens is 1. The summed E-state index contributed by atoms with van der Waals surface area (Å²) in [5.41, 5.74) is 0.929. The first kappa shape index (κ1) is 9.49. The lowest BCUT2D eigenvalue weighted by Crippen LogP contribution is -1.94. The number of aliphatic hydroxyl groups is 1. The summed E-state index contributed by atoms with van der Waals surface area (Å²) in [6, 6.07) is 7.64. The molecule has 0 aliphatic carbocycles. The SMILES string of the molecule is C=CC[C@H](O)c1ccc(Br)cc1. The molecule has 1 nitrogen and oxygen atoms in total. The van der Waals surface area contributed by atoms with E-state index in [0.717, 1.165) is 10.0 Å². The van der Waals surface area contributed by atoms with Gasteiger partial charge in [-0.2, -0.15) is 0 Å². The van der Waals surface area contributed by atoms with Crippen molar-refractivity contribution in [3.05, 3.63) is 47.0 Å². The van der Waals surface area contributed by atoms with Crippen molar-refractivity contribution in [3.8, 4) is 0 Å². The van der Waals surface area contributed by atoms with Gasteiger partial charge in [-0.05, 0) is 24.1 Å². The molecule has 0 fully saturated rings. The Balaban J connectivity index is 2.74. The van der Waals surface area contributed by atoms with Crippen molar-refractivity contribution in [1.29, 1.82) is 0 Å². The molecule has 64 valence electrons. The van der Waals surface area contributed by atoms with Crippen molar-refractivity contribution in [1.82, 2.24) is 0 Å². The summed E-state index contributed by atoms with van der Waals surface area (Å²) < 4.78 is 1.03. The van der Waals surface area contributed by atoms with Gasteiger partial charge in [0.2, 0.25) is 0 Å². The van der Waals surface area contributed by atoms with Crippen LogP contribution < -0.4 is 0 Å². The summed E-state index contributed by atoms with van der Waals surface area (Å²) in [7, 11) is 0. The Morgan fingerprint density at radius 3 is 2.50 bits per heavy atom. The number of hydrogen-bond acceptors (Lipinski definition) is 1. The summed E-state index contributed by atoms with van der Waals surface area (Å²) in [6.07, 6.45) is 1.89. The normalized spacial score (nSPS) is 12.5. The standard InChI is InChI=1S/C10H11BrO/c1-2-3-10(12)8-4-6-9(11)7-5-8/h2,4-7,10,12H,1,3H2/t10-/m0/s1. The van der Waals surface area contributed by atoms with E-state index in [-0.39, 0.29) is 0 Å². The van der Waals surface area contributed by atoms with Crippen molar-refractivity contribution >= 4 is 15.9 Å². The van der Waals surface area contributed by atoms with Crippen LogP contribution in [0.1, 0.15) is 18.1 Å². The van der Waals surface area contributed by atoms with Crippen LogP contribution in [-0.2, 0) is 0 Å². The van der Waals surface area contributed by atoms with E-state index >= 15 is 0 Å². The van der Waals surface area contributed by atoms with Crippen LogP contribution >= 0.6 is 15.9 Å². The maximum absolute atomic E-state index is 9.52. The van der Waals surface area contributed by atoms with Gasteiger partial charge in [0.25, 0.3) is 0 Å². The Labute approximate surface area is 80.9 Å². The van der Waals surface area contributed by atoms with Crippen LogP contribution in [0.15, 0.2) is 41.4 Å². The molecule has 1 rings (SSSR count). The van der Waals surface area contributed by atoms with Gasteiger partial charge in [0.05, 0.1) is 6.10 Å². The van der Waals surface area contributed by atoms with Gasteiger partial charge in [-0.1, -0.05) is 34.1 Å². The Morgan fingerprint density at radius 2 is 2.00 bits per heavy atom. The molecule has 2 heteroatoms. The van der Waals surface area contributed by atoms with Gasteiger partial charge in [-0.15, -0.1) is 6.58 Å². The monoisotopic (exact) mass is 226 g/mol. The first-order valence-corrected chi connectivity index (χ1v) is 4.57. The summed E-state index contributed by atoms with van der Waals surface area (Å²) in [4.78, 5) is 0. The zero-order valence-electron chi connectivity index (χ0n) is 6.70. The molecule has 0 aromatic heterocycles. The zero-order valence-corrected chi connectivity index (χ0v) is 8.29. The number of benzene rings is 1. The van der Waals surface area contributed by atoms with Crippen LogP contribution in [0.2, 0.25) is 0 Å². The minimum absolute atomic E-state index is 0.421. The van der Waals surface area contributed by atoms with E-state index in [2.05, 4.69) is 22.5 Å². The molecule has 1 aromatic carbocycles. The molecule has 0 spiro atoms. The number of hydrogen-bond donors (Lipinski definition) is 1. The fourth-order valence-corrected chi connectivity index (χ4v) is 1.24. The maximum Gasteiger partial charge on any atom is 0.0824 e. The van der Waals surface area contributed by atoms with E-state index < -0.39 is 6.10 Å². The van der Waals surface area contributed by atoms with Crippen LogP contribution in [0.3, 0.4) is 0 Å². The molecule has 0 amide bonds. The average molecular weight is 227 g/mol. The fourth-order valence-electron chi connectivity index (χ4n) is 0.979. The zero-order chi connectivity index (χ0) is 8.97. The Bertz CT molecular complexity index is 253. The third-order valence-corrected chi connectivity index (χ3v) is 2.17. The van der Waals surface area contributed by atoms with Gasteiger partial charge in [0.1, 0.15) is 0 Å². The van der Waals surface area contributed by atoms with Crippen LogP contribution in [0.5, 0.6) is 0 Å². The molecule has 0 saturated heterocycles. The first-order chi connectivity index (χ1) is 5.74. The number of aliphatic hydroxyl groups excluding tert-OH is 1. The van der Waals surface area contributed by atoms with Gasteiger partial charge in [-0.3, -0.25) is 0 Å². The lowest BCUT2D eigenvalue weighted by Gasteiger charge is -2.07. The highest BCUT2D eigenvalue weighted by molar-refractivity contribution is 9.10. The molecule has 0 aliphatic heterocycles. The summed E-state index contributed by atoms with van der Waals surface area (Å²) in [5, 5.41) is 9.52. The predicted molar refractivity (Wildman–Crippen MR) is 53.9 cm³/mol. The van der Waals surface area contributed by atoms with Crippen LogP contribution in [0.4, 0.5) is 0 Å². The van der Waals surface area contributed by atoms with Crippen LogP contribution in [0, 0.1) is 0 Å². The van der Waals surface area contributed by atoms with E-state index in [0.29, 0.717) is 6.42 Å². The van der Waals surface area contributed by atoms with Gasteiger partial charge in [0, 0.05) is 4.47 Å². The molecule has 0 radical (unpaired) electrons. The second kappa shape index (κ2) is 4.43. The average Bonchev–Trinajstić information content (AvgIpc) is 2.06. The Hall–Kier alpha value is -0.600. The fraction of sp³-hybridized carbons (Fsp3) is 0.200. The van der Waals surface area contributed by atoms with E-state index in [1.165, 1.54) is 0 Å². The molecule has 0 heterocycles.